The van der Waals surface area contributed by atoms with E-state index in [1.807, 2.05) is 6.07 Å². The quantitative estimate of drug-likeness (QED) is 0.723. The van der Waals surface area contributed by atoms with Gasteiger partial charge in [-0.25, -0.2) is 9.37 Å². The minimum absolute atomic E-state index is 0.0361. The average Bonchev–Trinajstić information content (AvgIpc) is 2.57. The number of rotatable bonds is 4. The van der Waals surface area contributed by atoms with E-state index in [1.165, 1.54) is 23.0 Å². The van der Waals surface area contributed by atoms with Crippen LogP contribution in [0.4, 0.5) is 10.1 Å². The second-order valence-electron chi connectivity index (χ2n) is 5.69. The van der Waals surface area contributed by atoms with Gasteiger partial charge in [0, 0.05) is 17.4 Å². The van der Waals surface area contributed by atoms with Gasteiger partial charge in [0.2, 0.25) is 5.91 Å². The Morgan fingerprint density at radius 2 is 2.08 bits per heavy atom. The summed E-state index contributed by atoms with van der Waals surface area (Å²) >= 11 is 3.33. The van der Waals surface area contributed by atoms with Crippen LogP contribution in [-0.2, 0) is 11.3 Å². The van der Waals surface area contributed by atoms with Crippen molar-refractivity contribution in [3.8, 4) is 0 Å². The predicted molar refractivity (Wildman–Crippen MR) is 98.1 cm³/mol. The maximum atomic E-state index is 13.8. The topological polar surface area (TPSA) is 64.0 Å². The summed E-state index contributed by atoms with van der Waals surface area (Å²) in [5.41, 5.74) is 1.27. The Labute approximate surface area is 151 Å². The monoisotopic (exact) mass is 403 g/mol. The van der Waals surface area contributed by atoms with Crippen LogP contribution in [0.1, 0.15) is 12.0 Å². The molecule has 0 spiro atoms. The Balaban J connectivity index is 1.73. The molecule has 2 aromatic carbocycles. The summed E-state index contributed by atoms with van der Waals surface area (Å²) in [5, 5.41) is 2.99. The normalized spacial score (nSPS) is 10.8. The number of hydrogen-bond acceptors (Lipinski definition) is 3. The summed E-state index contributed by atoms with van der Waals surface area (Å²) in [4.78, 5) is 28.7. The molecule has 0 saturated carbocycles. The second-order valence-corrected chi connectivity index (χ2v) is 6.60. The van der Waals surface area contributed by atoms with E-state index in [9.17, 15) is 14.0 Å². The van der Waals surface area contributed by atoms with E-state index in [4.69, 9.17) is 0 Å². The molecular weight excluding hydrogens is 389 g/mol. The molecule has 1 amide bonds. The van der Waals surface area contributed by atoms with E-state index in [2.05, 4.69) is 26.2 Å². The fraction of sp³-hybridized carbons (Fsp3) is 0.167. The standard InChI is InChI=1S/C18H15BrFN3O2/c1-11-2-4-16(14(20)8-11)22-17(24)6-7-23-10-21-15-5-3-12(19)9-13(15)18(23)25/h2-5,8-10H,6-7H2,1H3,(H,22,24). The van der Waals surface area contributed by atoms with Crippen molar-refractivity contribution < 1.29 is 9.18 Å². The maximum Gasteiger partial charge on any atom is 0.261 e. The summed E-state index contributed by atoms with van der Waals surface area (Å²) < 4.78 is 15.9. The van der Waals surface area contributed by atoms with Gasteiger partial charge in [0.1, 0.15) is 5.82 Å². The number of carbonyl (C=O) groups excluding carboxylic acids is 1. The summed E-state index contributed by atoms with van der Waals surface area (Å²) in [7, 11) is 0. The molecule has 0 saturated heterocycles. The van der Waals surface area contributed by atoms with Gasteiger partial charge in [-0.05, 0) is 42.8 Å². The molecule has 0 radical (unpaired) electrons. The predicted octanol–water partition coefficient (Wildman–Crippen LogP) is 3.64. The van der Waals surface area contributed by atoms with Crippen LogP contribution in [0, 0.1) is 12.7 Å². The SMILES string of the molecule is Cc1ccc(NC(=O)CCn2cnc3ccc(Br)cc3c2=O)c(F)c1. The number of nitrogens with one attached hydrogen (secondary N) is 1. The van der Waals surface area contributed by atoms with Crippen LogP contribution in [0.2, 0.25) is 0 Å². The van der Waals surface area contributed by atoms with Crippen molar-refractivity contribution in [1.82, 2.24) is 9.55 Å². The first-order valence-corrected chi connectivity index (χ1v) is 8.44. The van der Waals surface area contributed by atoms with E-state index < -0.39 is 5.82 Å². The fourth-order valence-corrected chi connectivity index (χ4v) is 2.81. The van der Waals surface area contributed by atoms with Crippen molar-refractivity contribution in [1.29, 1.82) is 0 Å². The van der Waals surface area contributed by atoms with Crippen LogP contribution in [-0.4, -0.2) is 15.5 Å². The highest BCUT2D eigenvalue weighted by Gasteiger charge is 2.09. The Morgan fingerprint density at radius 3 is 2.84 bits per heavy atom. The van der Waals surface area contributed by atoms with Gasteiger partial charge in [-0.1, -0.05) is 22.0 Å². The van der Waals surface area contributed by atoms with Gasteiger partial charge >= 0.3 is 0 Å². The minimum Gasteiger partial charge on any atom is -0.324 e. The molecule has 3 aromatic rings. The molecular formula is C18H15BrFN3O2. The zero-order valence-corrected chi connectivity index (χ0v) is 15.0. The first-order chi connectivity index (χ1) is 11.9. The molecule has 0 unspecified atom stereocenters. The smallest absolute Gasteiger partial charge is 0.261 e. The maximum absolute atomic E-state index is 13.8. The highest BCUT2D eigenvalue weighted by Crippen LogP contribution is 2.16. The molecule has 0 fully saturated rings. The lowest BCUT2D eigenvalue weighted by molar-refractivity contribution is -0.116. The van der Waals surface area contributed by atoms with E-state index in [1.54, 1.807) is 25.1 Å². The van der Waals surface area contributed by atoms with Gasteiger partial charge < -0.3 is 5.32 Å². The average molecular weight is 404 g/mol. The molecule has 0 aliphatic carbocycles. The molecule has 3 rings (SSSR count). The van der Waals surface area contributed by atoms with Gasteiger partial charge in [0.25, 0.3) is 5.56 Å². The lowest BCUT2D eigenvalue weighted by atomic mass is 10.2. The number of carbonyl (C=O) groups is 1. The summed E-state index contributed by atoms with van der Waals surface area (Å²) in [6.07, 6.45) is 1.45. The molecule has 1 heterocycles. The third kappa shape index (κ3) is 3.93. The molecule has 0 aliphatic rings. The molecule has 5 nitrogen and oxygen atoms in total. The number of aryl methyl sites for hydroxylation is 2. The van der Waals surface area contributed by atoms with Gasteiger partial charge in [-0.15, -0.1) is 0 Å². The van der Waals surface area contributed by atoms with Crippen molar-refractivity contribution in [3.05, 3.63) is 68.9 Å². The van der Waals surface area contributed by atoms with E-state index in [0.29, 0.717) is 10.9 Å². The zero-order chi connectivity index (χ0) is 18.0. The molecule has 0 aliphatic heterocycles. The second kappa shape index (κ2) is 7.14. The molecule has 1 aromatic heterocycles. The number of aromatic nitrogens is 2. The van der Waals surface area contributed by atoms with E-state index >= 15 is 0 Å². The van der Waals surface area contributed by atoms with E-state index in [0.717, 1.165) is 10.0 Å². The Hall–Kier alpha value is -2.54. The fourth-order valence-electron chi connectivity index (χ4n) is 2.45. The molecule has 25 heavy (non-hydrogen) atoms. The number of fused-ring (bicyclic) bond motifs is 1. The van der Waals surface area contributed by atoms with E-state index in [-0.39, 0.29) is 30.1 Å². The lowest BCUT2D eigenvalue weighted by Crippen LogP contribution is -2.23. The number of amides is 1. The number of benzene rings is 2. The Bertz CT molecular complexity index is 1020. The van der Waals surface area contributed by atoms with Gasteiger partial charge in [0.15, 0.2) is 0 Å². The Kier molecular flexibility index (Phi) is 4.94. The van der Waals surface area contributed by atoms with Crippen molar-refractivity contribution in [2.75, 3.05) is 5.32 Å². The summed E-state index contributed by atoms with van der Waals surface area (Å²) in [6, 6.07) is 9.84. The van der Waals surface area contributed by atoms with Gasteiger partial charge in [-0.2, -0.15) is 0 Å². The van der Waals surface area contributed by atoms with Crippen molar-refractivity contribution in [2.24, 2.45) is 0 Å². The Morgan fingerprint density at radius 1 is 1.28 bits per heavy atom. The number of nitrogens with zero attached hydrogens (tertiary/aromatic N) is 2. The summed E-state index contributed by atoms with van der Waals surface area (Å²) in [6.45, 7) is 1.93. The largest absolute Gasteiger partial charge is 0.324 e. The van der Waals surface area contributed by atoms with Crippen LogP contribution >= 0.6 is 15.9 Å². The third-order valence-electron chi connectivity index (χ3n) is 3.76. The van der Waals surface area contributed by atoms with Gasteiger partial charge in [0.05, 0.1) is 22.9 Å². The first-order valence-electron chi connectivity index (χ1n) is 7.65. The highest BCUT2D eigenvalue weighted by atomic mass is 79.9. The van der Waals surface area contributed by atoms with Crippen LogP contribution in [0.25, 0.3) is 10.9 Å². The first kappa shape index (κ1) is 17.3. The van der Waals surface area contributed by atoms with Gasteiger partial charge in [-0.3, -0.25) is 14.2 Å². The molecule has 1 N–H and O–H groups in total. The van der Waals surface area contributed by atoms with Crippen LogP contribution in [0.3, 0.4) is 0 Å². The highest BCUT2D eigenvalue weighted by molar-refractivity contribution is 9.10. The number of hydrogen-bond donors (Lipinski definition) is 1. The van der Waals surface area contributed by atoms with Crippen molar-refractivity contribution in [3.63, 3.8) is 0 Å². The molecule has 128 valence electrons. The van der Waals surface area contributed by atoms with Crippen LogP contribution < -0.4 is 10.9 Å². The minimum atomic E-state index is -0.484. The van der Waals surface area contributed by atoms with Crippen LogP contribution in [0.5, 0.6) is 0 Å². The third-order valence-corrected chi connectivity index (χ3v) is 4.26. The molecule has 0 bridgehead atoms. The van der Waals surface area contributed by atoms with Crippen LogP contribution in [0.15, 0.2) is 52.0 Å². The molecule has 7 heteroatoms. The lowest BCUT2D eigenvalue weighted by Gasteiger charge is -2.09. The molecule has 0 atom stereocenters. The van der Waals surface area contributed by atoms with Crippen molar-refractivity contribution in [2.45, 2.75) is 19.9 Å². The van der Waals surface area contributed by atoms with Crippen molar-refractivity contribution >= 4 is 38.4 Å². The number of halogens is 2. The summed E-state index contributed by atoms with van der Waals surface area (Å²) in [5.74, 6) is -0.855. The number of anilines is 1. The zero-order valence-electron chi connectivity index (χ0n) is 13.4.